The number of carboxylic acid groups (broad SMARTS) is 1. The van der Waals surface area contributed by atoms with Crippen LogP contribution in [0.5, 0.6) is 5.75 Å². The molecule has 1 atom stereocenters. The Morgan fingerprint density at radius 3 is 2.67 bits per heavy atom. The molecule has 0 aromatic heterocycles. The molecule has 3 N–H and O–H groups in total. The van der Waals surface area contributed by atoms with Gasteiger partial charge in [0.05, 0.1) is 13.5 Å². The standard InChI is InChI=1S/C13H18FNO3/c1-4-8-9(11(15)6-12(16)17)5-10(14)7(2)13(8)18-3/h5,11H,4,6,15H2,1-3H3,(H,16,17). The fraction of sp³-hybridized carbons (Fsp3) is 0.462. The number of hydrogen-bond acceptors (Lipinski definition) is 3. The monoisotopic (exact) mass is 255 g/mol. The number of hydrogen-bond donors (Lipinski definition) is 2. The van der Waals surface area contributed by atoms with E-state index >= 15 is 0 Å². The third-order valence-electron chi connectivity index (χ3n) is 2.96. The molecule has 0 amide bonds. The highest BCUT2D eigenvalue weighted by molar-refractivity contribution is 5.68. The molecular formula is C13H18FNO3. The molecule has 0 saturated heterocycles. The quantitative estimate of drug-likeness (QED) is 0.845. The van der Waals surface area contributed by atoms with Crippen LogP contribution in [-0.2, 0) is 11.2 Å². The Kier molecular flexibility index (Phi) is 4.67. The molecule has 0 spiro atoms. The Bertz CT molecular complexity index is 460. The number of rotatable bonds is 5. The van der Waals surface area contributed by atoms with E-state index in [1.807, 2.05) is 6.92 Å². The Morgan fingerprint density at radius 2 is 2.22 bits per heavy atom. The van der Waals surface area contributed by atoms with Crippen molar-refractivity contribution < 1.29 is 19.0 Å². The highest BCUT2D eigenvalue weighted by Crippen LogP contribution is 2.33. The molecule has 0 radical (unpaired) electrons. The van der Waals surface area contributed by atoms with E-state index in [0.29, 0.717) is 23.3 Å². The summed E-state index contributed by atoms with van der Waals surface area (Å²) < 4.78 is 19.0. The maximum atomic E-state index is 13.8. The number of halogens is 1. The fourth-order valence-electron chi connectivity index (χ4n) is 2.07. The number of methoxy groups -OCH3 is 1. The highest BCUT2D eigenvalue weighted by Gasteiger charge is 2.20. The van der Waals surface area contributed by atoms with E-state index in [4.69, 9.17) is 15.6 Å². The lowest BCUT2D eigenvalue weighted by Crippen LogP contribution is -2.18. The Hall–Kier alpha value is -1.62. The third kappa shape index (κ3) is 2.79. The van der Waals surface area contributed by atoms with Gasteiger partial charge in [-0.05, 0) is 30.5 Å². The van der Waals surface area contributed by atoms with Crippen LogP contribution in [0.25, 0.3) is 0 Å². The summed E-state index contributed by atoms with van der Waals surface area (Å²) in [7, 11) is 1.47. The maximum absolute atomic E-state index is 13.8. The number of aliphatic carboxylic acids is 1. The molecule has 1 rings (SSSR count). The van der Waals surface area contributed by atoms with Crippen LogP contribution in [0.15, 0.2) is 6.07 Å². The van der Waals surface area contributed by atoms with E-state index in [1.165, 1.54) is 13.2 Å². The topological polar surface area (TPSA) is 72.6 Å². The molecule has 1 unspecified atom stereocenters. The van der Waals surface area contributed by atoms with Gasteiger partial charge in [-0.25, -0.2) is 4.39 Å². The number of benzene rings is 1. The Morgan fingerprint density at radius 1 is 1.61 bits per heavy atom. The van der Waals surface area contributed by atoms with Crippen molar-refractivity contribution in [2.75, 3.05) is 7.11 Å². The van der Waals surface area contributed by atoms with Crippen LogP contribution < -0.4 is 10.5 Å². The number of carboxylic acids is 1. The van der Waals surface area contributed by atoms with Crippen molar-refractivity contribution in [2.45, 2.75) is 32.7 Å². The van der Waals surface area contributed by atoms with Crippen LogP contribution >= 0.6 is 0 Å². The summed E-state index contributed by atoms with van der Waals surface area (Å²) in [4.78, 5) is 10.7. The molecule has 18 heavy (non-hydrogen) atoms. The highest BCUT2D eigenvalue weighted by atomic mass is 19.1. The molecule has 1 aromatic rings. The van der Waals surface area contributed by atoms with E-state index in [0.717, 1.165) is 5.56 Å². The van der Waals surface area contributed by atoms with Gasteiger partial charge in [-0.2, -0.15) is 0 Å². The van der Waals surface area contributed by atoms with Crippen LogP contribution in [-0.4, -0.2) is 18.2 Å². The van der Waals surface area contributed by atoms with Gasteiger partial charge in [0, 0.05) is 11.6 Å². The summed E-state index contributed by atoms with van der Waals surface area (Å²) in [6.45, 7) is 3.52. The van der Waals surface area contributed by atoms with Crippen molar-refractivity contribution in [2.24, 2.45) is 5.73 Å². The van der Waals surface area contributed by atoms with Crippen molar-refractivity contribution in [1.82, 2.24) is 0 Å². The summed E-state index contributed by atoms with van der Waals surface area (Å²) in [5.74, 6) is -0.988. The SMILES string of the molecule is CCc1c(C(N)CC(=O)O)cc(F)c(C)c1OC. The van der Waals surface area contributed by atoms with Crippen molar-refractivity contribution in [3.05, 3.63) is 28.6 Å². The molecule has 1 aromatic carbocycles. The van der Waals surface area contributed by atoms with E-state index in [9.17, 15) is 9.18 Å². The molecule has 5 heteroatoms. The van der Waals surface area contributed by atoms with Crippen LogP contribution in [0.4, 0.5) is 4.39 Å². The molecule has 0 aliphatic heterocycles. The first-order chi connectivity index (χ1) is 8.42. The largest absolute Gasteiger partial charge is 0.496 e. The summed E-state index contributed by atoms with van der Waals surface area (Å²) in [5.41, 5.74) is 7.50. The lowest BCUT2D eigenvalue weighted by molar-refractivity contribution is -0.137. The molecule has 0 bridgehead atoms. The van der Waals surface area contributed by atoms with Gasteiger partial charge in [-0.3, -0.25) is 4.79 Å². The van der Waals surface area contributed by atoms with Crippen LogP contribution in [0, 0.1) is 12.7 Å². The van der Waals surface area contributed by atoms with Gasteiger partial charge in [0.25, 0.3) is 0 Å². The van der Waals surface area contributed by atoms with Crippen LogP contribution in [0.2, 0.25) is 0 Å². The molecule has 0 saturated carbocycles. The van der Waals surface area contributed by atoms with E-state index in [-0.39, 0.29) is 6.42 Å². The van der Waals surface area contributed by atoms with Crippen LogP contribution in [0.1, 0.15) is 36.1 Å². The average Bonchev–Trinajstić information content (AvgIpc) is 2.30. The fourth-order valence-corrected chi connectivity index (χ4v) is 2.07. The maximum Gasteiger partial charge on any atom is 0.305 e. The van der Waals surface area contributed by atoms with E-state index in [1.54, 1.807) is 6.92 Å². The van der Waals surface area contributed by atoms with Gasteiger partial charge in [0.2, 0.25) is 0 Å². The van der Waals surface area contributed by atoms with Crippen molar-refractivity contribution in [1.29, 1.82) is 0 Å². The first kappa shape index (κ1) is 14.4. The normalized spacial score (nSPS) is 12.3. The molecule has 0 aliphatic rings. The minimum Gasteiger partial charge on any atom is -0.496 e. The second-order valence-electron chi connectivity index (χ2n) is 4.14. The van der Waals surface area contributed by atoms with Gasteiger partial charge in [-0.15, -0.1) is 0 Å². The van der Waals surface area contributed by atoms with Gasteiger partial charge >= 0.3 is 5.97 Å². The van der Waals surface area contributed by atoms with E-state index < -0.39 is 17.8 Å². The van der Waals surface area contributed by atoms with Crippen molar-refractivity contribution >= 4 is 5.97 Å². The van der Waals surface area contributed by atoms with Gasteiger partial charge < -0.3 is 15.6 Å². The number of nitrogens with two attached hydrogens (primary N) is 1. The summed E-state index contributed by atoms with van der Waals surface area (Å²) in [5, 5.41) is 8.75. The minimum atomic E-state index is -1.01. The predicted molar refractivity (Wildman–Crippen MR) is 66.2 cm³/mol. The second-order valence-corrected chi connectivity index (χ2v) is 4.14. The molecule has 100 valence electrons. The van der Waals surface area contributed by atoms with Crippen molar-refractivity contribution in [3.8, 4) is 5.75 Å². The summed E-state index contributed by atoms with van der Waals surface area (Å²) in [6.07, 6.45) is 0.367. The first-order valence-corrected chi connectivity index (χ1v) is 5.75. The first-order valence-electron chi connectivity index (χ1n) is 5.75. The summed E-state index contributed by atoms with van der Waals surface area (Å²) >= 11 is 0. The average molecular weight is 255 g/mol. The lowest BCUT2D eigenvalue weighted by atomic mass is 9.93. The predicted octanol–water partition coefficient (Wildman–Crippen LogP) is 2.18. The molecule has 0 aliphatic carbocycles. The molecular weight excluding hydrogens is 237 g/mol. The summed E-state index contributed by atoms with van der Waals surface area (Å²) in [6, 6.07) is 0.575. The number of ether oxygens (including phenoxy) is 1. The third-order valence-corrected chi connectivity index (χ3v) is 2.96. The van der Waals surface area contributed by atoms with Crippen molar-refractivity contribution in [3.63, 3.8) is 0 Å². The van der Waals surface area contributed by atoms with Gasteiger partial charge in [0.15, 0.2) is 0 Å². The molecule has 4 nitrogen and oxygen atoms in total. The zero-order chi connectivity index (χ0) is 13.9. The Labute approximate surface area is 106 Å². The lowest BCUT2D eigenvalue weighted by Gasteiger charge is -2.19. The minimum absolute atomic E-state index is 0.237. The smallest absolute Gasteiger partial charge is 0.305 e. The molecule has 0 heterocycles. The van der Waals surface area contributed by atoms with Gasteiger partial charge in [-0.1, -0.05) is 6.92 Å². The van der Waals surface area contributed by atoms with E-state index in [2.05, 4.69) is 0 Å². The second kappa shape index (κ2) is 5.82. The molecule has 0 fully saturated rings. The Balaban J connectivity index is 3.34. The number of carbonyl (C=O) groups is 1. The van der Waals surface area contributed by atoms with Gasteiger partial charge in [0.1, 0.15) is 11.6 Å². The zero-order valence-corrected chi connectivity index (χ0v) is 10.8. The van der Waals surface area contributed by atoms with Crippen LogP contribution in [0.3, 0.4) is 0 Å². The zero-order valence-electron chi connectivity index (χ0n) is 10.8.